The van der Waals surface area contributed by atoms with E-state index in [1.165, 1.54) is 11.0 Å². The van der Waals surface area contributed by atoms with Gasteiger partial charge in [0.25, 0.3) is 11.8 Å². The highest BCUT2D eigenvalue weighted by atomic mass is 16.5. The highest BCUT2D eigenvalue weighted by Gasteiger charge is 2.80. The Labute approximate surface area is 220 Å². The minimum Gasteiger partial charge on any atom is -0.480 e. The maximum Gasteiger partial charge on any atom is 0.295 e. The van der Waals surface area contributed by atoms with Gasteiger partial charge in [0, 0.05) is 13.6 Å². The van der Waals surface area contributed by atoms with Crippen LogP contribution in [0.1, 0.15) is 53.0 Å². The zero-order chi connectivity index (χ0) is 27.2. The van der Waals surface area contributed by atoms with Gasteiger partial charge in [0.1, 0.15) is 11.1 Å². The molecule has 1 aromatic rings. The number of likely N-dealkylation sites (N-methyl/N-ethyl adjacent to an activating group) is 1. The van der Waals surface area contributed by atoms with Crippen molar-refractivity contribution in [1.82, 2.24) is 9.80 Å². The Kier molecular flexibility index (Phi) is 4.02. The second kappa shape index (κ2) is 6.50. The van der Waals surface area contributed by atoms with Crippen molar-refractivity contribution in [3.63, 3.8) is 0 Å². The predicted molar refractivity (Wildman–Crippen MR) is 136 cm³/mol. The number of amides is 3. The molecule has 6 aliphatic heterocycles. The van der Waals surface area contributed by atoms with Crippen molar-refractivity contribution < 1.29 is 28.7 Å². The second-order valence-electron chi connectivity index (χ2n) is 12.9. The molecule has 9 nitrogen and oxygen atoms in total. The van der Waals surface area contributed by atoms with Gasteiger partial charge in [-0.05, 0) is 74.3 Å². The lowest BCUT2D eigenvalue weighted by Gasteiger charge is -2.66. The molecule has 0 aromatic heterocycles. The van der Waals surface area contributed by atoms with Crippen LogP contribution >= 0.6 is 0 Å². The van der Waals surface area contributed by atoms with Gasteiger partial charge in [0.05, 0.1) is 22.9 Å². The number of nitrogens with zero attached hydrogens (tertiary/aromatic N) is 2. The number of carbonyl (C=O) groups excluding carboxylic acids is 4. The van der Waals surface area contributed by atoms with E-state index in [0.717, 1.165) is 5.56 Å². The van der Waals surface area contributed by atoms with Crippen LogP contribution in [0.3, 0.4) is 0 Å². The van der Waals surface area contributed by atoms with E-state index < -0.39 is 39.2 Å². The molecule has 4 fully saturated rings. The molecule has 8 rings (SSSR count). The van der Waals surface area contributed by atoms with Gasteiger partial charge in [-0.25, -0.2) is 0 Å². The zero-order valence-electron chi connectivity index (χ0n) is 22.4. The average molecular weight is 518 g/mol. The van der Waals surface area contributed by atoms with Crippen molar-refractivity contribution in [2.75, 3.05) is 18.9 Å². The molecule has 9 heteroatoms. The molecule has 0 radical (unpaired) electrons. The first-order valence-electron chi connectivity index (χ1n) is 13.1. The third-order valence-corrected chi connectivity index (χ3v) is 10.6. The largest absolute Gasteiger partial charge is 0.480 e. The number of anilines is 1. The molecule has 198 valence electrons. The van der Waals surface area contributed by atoms with Crippen molar-refractivity contribution in [1.29, 1.82) is 0 Å². The summed E-state index contributed by atoms with van der Waals surface area (Å²) in [5.74, 6) is -0.693. The topological polar surface area (TPSA) is 105 Å². The Morgan fingerprint density at radius 1 is 1.08 bits per heavy atom. The van der Waals surface area contributed by atoms with Gasteiger partial charge in [-0.15, -0.1) is 0 Å². The van der Waals surface area contributed by atoms with Gasteiger partial charge >= 0.3 is 0 Å². The molecular weight excluding hydrogens is 486 g/mol. The van der Waals surface area contributed by atoms with Crippen molar-refractivity contribution >= 4 is 29.2 Å². The normalized spacial score (nSPS) is 37.1. The summed E-state index contributed by atoms with van der Waals surface area (Å²) in [6.45, 7) is 10.0. The van der Waals surface area contributed by atoms with Gasteiger partial charge in [0.15, 0.2) is 11.5 Å². The Balaban J connectivity index is 1.43. The van der Waals surface area contributed by atoms with E-state index in [2.05, 4.69) is 19.2 Å². The van der Waals surface area contributed by atoms with Crippen LogP contribution in [-0.2, 0) is 24.6 Å². The summed E-state index contributed by atoms with van der Waals surface area (Å²) >= 11 is 0. The summed E-state index contributed by atoms with van der Waals surface area (Å²) in [4.78, 5) is 57.1. The lowest BCUT2D eigenvalue weighted by atomic mass is 9.56. The highest BCUT2D eigenvalue weighted by Crippen LogP contribution is 2.72. The monoisotopic (exact) mass is 517 g/mol. The van der Waals surface area contributed by atoms with Gasteiger partial charge in [0.2, 0.25) is 11.7 Å². The quantitative estimate of drug-likeness (QED) is 0.531. The number of rotatable bonds is 0. The van der Waals surface area contributed by atoms with Crippen LogP contribution in [0.25, 0.3) is 0 Å². The summed E-state index contributed by atoms with van der Waals surface area (Å²) in [6, 6.07) is 3.79. The van der Waals surface area contributed by atoms with Crippen molar-refractivity contribution in [2.45, 2.75) is 69.6 Å². The Bertz CT molecular complexity index is 1470. The SMILES string of the molecule is CC1=CC(=O)C(=O)N2C[C@]34C[C@@]5(C(=O)Nc6c5ccc5c6OC=CC(C)(C)O5)C(C)(C)[C@@H]3C[C@]12C(=O)N4C. The molecule has 1 aromatic carbocycles. The number of fused-ring (bicyclic) bond motifs is 5. The molecule has 1 saturated carbocycles. The summed E-state index contributed by atoms with van der Waals surface area (Å²) in [5.41, 5.74) is -2.20. The first-order chi connectivity index (χ1) is 17.7. The molecule has 1 aliphatic carbocycles. The smallest absolute Gasteiger partial charge is 0.295 e. The molecule has 38 heavy (non-hydrogen) atoms. The number of ketones is 1. The number of ether oxygens (including phenoxy) is 2. The number of benzene rings is 1. The summed E-state index contributed by atoms with van der Waals surface area (Å²) in [6.07, 6.45) is 5.43. The summed E-state index contributed by atoms with van der Waals surface area (Å²) in [5, 5.41) is 3.12. The molecule has 3 saturated heterocycles. The Morgan fingerprint density at radius 3 is 2.55 bits per heavy atom. The van der Waals surface area contributed by atoms with E-state index in [4.69, 9.17) is 9.47 Å². The lowest BCUT2D eigenvalue weighted by Crippen LogP contribution is -2.82. The van der Waals surface area contributed by atoms with E-state index in [1.807, 2.05) is 32.1 Å². The van der Waals surface area contributed by atoms with Gasteiger partial charge in [-0.1, -0.05) is 19.9 Å². The van der Waals surface area contributed by atoms with Crippen molar-refractivity contribution in [3.05, 3.63) is 41.7 Å². The van der Waals surface area contributed by atoms with Crippen LogP contribution in [0.2, 0.25) is 0 Å². The number of piperidine rings is 2. The van der Waals surface area contributed by atoms with E-state index >= 15 is 0 Å². The van der Waals surface area contributed by atoms with E-state index in [1.54, 1.807) is 25.1 Å². The number of nitrogens with one attached hydrogen (secondary N) is 1. The maximum absolute atomic E-state index is 14.2. The molecule has 7 aliphatic rings. The van der Waals surface area contributed by atoms with Gasteiger partial charge < -0.3 is 24.6 Å². The molecule has 0 unspecified atom stereocenters. The third kappa shape index (κ3) is 2.28. The molecule has 6 heterocycles. The Hall–Kier alpha value is -3.62. The molecule has 3 amide bonds. The van der Waals surface area contributed by atoms with Gasteiger partial charge in [-0.2, -0.15) is 0 Å². The standard InChI is InChI=1S/C29H31N3O6/c1-15-11-17(33)22(34)32-14-27-13-28(26(4,5)19(27)12-29(15,32)24(36)31(27)6)16-7-8-18-21(20(16)30-23(28)35)37-10-9-25(2,3)38-18/h7-11,19H,12-14H2,1-6H3,(H,30,35)/t19-,27+,28+,29+/m0/s1. The fourth-order valence-electron chi connectivity index (χ4n) is 8.63. The predicted octanol–water partition coefficient (Wildman–Crippen LogP) is 2.70. The van der Waals surface area contributed by atoms with Crippen LogP contribution in [0.5, 0.6) is 11.5 Å². The molecule has 2 bridgehead atoms. The average Bonchev–Trinajstić information content (AvgIpc) is 3.16. The molecule has 1 N–H and O–H groups in total. The minimum absolute atomic E-state index is 0.107. The minimum atomic E-state index is -1.20. The van der Waals surface area contributed by atoms with Crippen LogP contribution in [0.15, 0.2) is 36.1 Å². The number of piperazine rings is 1. The second-order valence-corrected chi connectivity index (χ2v) is 12.9. The van der Waals surface area contributed by atoms with Crippen LogP contribution in [0, 0.1) is 11.3 Å². The maximum atomic E-state index is 14.2. The van der Waals surface area contributed by atoms with E-state index in [9.17, 15) is 19.2 Å². The fourth-order valence-corrected chi connectivity index (χ4v) is 8.63. The van der Waals surface area contributed by atoms with Gasteiger partial charge in [-0.3, -0.25) is 19.2 Å². The molecule has 4 atom stereocenters. The first kappa shape index (κ1) is 23.5. The summed E-state index contributed by atoms with van der Waals surface area (Å²) < 4.78 is 12.2. The van der Waals surface area contributed by atoms with Crippen molar-refractivity contribution in [3.8, 4) is 11.5 Å². The molecular formula is C29H31N3O6. The number of carbonyl (C=O) groups is 4. The zero-order valence-corrected chi connectivity index (χ0v) is 22.4. The lowest BCUT2D eigenvalue weighted by molar-refractivity contribution is -0.191. The number of hydrogen-bond donors (Lipinski definition) is 1. The van der Waals surface area contributed by atoms with Crippen LogP contribution in [0.4, 0.5) is 5.69 Å². The highest BCUT2D eigenvalue weighted by molar-refractivity contribution is 6.42. The summed E-state index contributed by atoms with van der Waals surface area (Å²) in [7, 11) is 1.78. The first-order valence-corrected chi connectivity index (χ1v) is 13.1. The van der Waals surface area contributed by atoms with Crippen molar-refractivity contribution in [2.24, 2.45) is 11.3 Å². The third-order valence-electron chi connectivity index (χ3n) is 10.6. The fraction of sp³-hybridized carbons (Fsp3) is 0.517. The Morgan fingerprint density at radius 2 is 1.82 bits per heavy atom. The molecule has 3 spiro atoms. The van der Waals surface area contributed by atoms with E-state index in [0.29, 0.717) is 35.6 Å². The number of hydrogen-bond acceptors (Lipinski definition) is 6. The van der Waals surface area contributed by atoms with Crippen LogP contribution < -0.4 is 14.8 Å². The van der Waals surface area contributed by atoms with Crippen LogP contribution in [-0.4, -0.2) is 63.6 Å². The van der Waals surface area contributed by atoms with E-state index in [-0.39, 0.29) is 24.3 Å².